The van der Waals surface area contributed by atoms with Gasteiger partial charge in [0.05, 0.1) is 23.3 Å². The number of fused-ring (bicyclic) bond motifs is 1. The van der Waals surface area contributed by atoms with Gasteiger partial charge < -0.3 is 5.73 Å². The molecule has 2 fully saturated rings. The van der Waals surface area contributed by atoms with Crippen molar-refractivity contribution in [2.24, 2.45) is 11.7 Å². The highest BCUT2D eigenvalue weighted by Crippen LogP contribution is 2.44. The second kappa shape index (κ2) is 7.14. The van der Waals surface area contributed by atoms with Gasteiger partial charge in [-0.3, -0.25) is 24.2 Å². The Balaban J connectivity index is 1.70. The van der Waals surface area contributed by atoms with Gasteiger partial charge in [0.2, 0.25) is 11.8 Å². The van der Waals surface area contributed by atoms with Gasteiger partial charge >= 0.3 is 0 Å². The van der Waals surface area contributed by atoms with E-state index in [1.54, 1.807) is 36.5 Å². The molecule has 3 atom stereocenters. The van der Waals surface area contributed by atoms with Gasteiger partial charge in [-0.25, -0.2) is 4.90 Å². The van der Waals surface area contributed by atoms with E-state index in [1.165, 1.54) is 5.06 Å². The molecule has 4 rings (SSSR count). The summed E-state index contributed by atoms with van der Waals surface area (Å²) in [5.74, 6) is -2.24. The van der Waals surface area contributed by atoms with Gasteiger partial charge in [-0.2, -0.15) is 5.06 Å². The Morgan fingerprint density at radius 2 is 1.89 bits per heavy atom. The first-order chi connectivity index (χ1) is 13.5. The van der Waals surface area contributed by atoms with Gasteiger partial charge in [-0.1, -0.05) is 25.1 Å². The summed E-state index contributed by atoms with van der Waals surface area (Å²) in [6.07, 6.45) is 1.44. The van der Waals surface area contributed by atoms with Crippen molar-refractivity contribution in [2.75, 3.05) is 11.4 Å². The number of primary amides is 1. The first-order valence-corrected chi connectivity index (χ1v) is 9.10. The fraction of sp³-hybridized carbons (Fsp3) is 0.300. The number of aryl methyl sites for hydroxylation is 1. The largest absolute Gasteiger partial charge is 0.368 e. The molecule has 2 aliphatic heterocycles. The average molecular weight is 380 g/mol. The third-order valence-electron chi connectivity index (χ3n) is 5.10. The molecule has 3 amide bonds. The van der Waals surface area contributed by atoms with Crippen LogP contribution >= 0.6 is 0 Å². The molecule has 8 heteroatoms. The highest BCUT2D eigenvalue weighted by molar-refractivity contribution is 6.23. The number of amides is 3. The van der Waals surface area contributed by atoms with Crippen LogP contribution in [0.4, 0.5) is 5.69 Å². The van der Waals surface area contributed by atoms with Crippen LogP contribution in [0.1, 0.15) is 24.2 Å². The standard InChI is InChI=1S/C20H20N4O4/c1-2-12-6-8-13(9-7-12)24-19(26)16-17(14-5-3-4-10-22-14)23(11-15(21)25)28-18(16)20(24)27/h3-10,16-18H,2,11H2,1H3,(H2,21,25). The molecule has 2 aliphatic rings. The predicted octanol–water partition coefficient (Wildman–Crippen LogP) is 0.976. The topological polar surface area (TPSA) is 106 Å². The van der Waals surface area contributed by atoms with Crippen molar-refractivity contribution >= 4 is 23.4 Å². The molecule has 2 aromatic rings. The van der Waals surface area contributed by atoms with E-state index in [-0.39, 0.29) is 12.5 Å². The Kier molecular flexibility index (Phi) is 4.66. The molecule has 1 aromatic heterocycles. The molecule has 2 saturated heterocycles. The van der Waals surface area contributed by atoms with Crippen LogP contribution in [-0.2, 0) is 25.6 Å². The van der Waals surface area contributed by atoms with Crippen molar-refractivity contribution in [3.63, 3.8) is 0 Å². The highest BCUT2D eigenvalue weighted by atomic mass is 16.7. The number of hydrogen-bond donors (Lipinski definition) is 1. The van der Waals surface area contributed by atoms with E-state index in [9.17, 15) is 14.4 Å². The number of carbonyl (C=O) groups is 3. The number of hydrogen-bond acceptors (Lipinski definition) is 6. The Labute approximate surface area is 161 Å². The monoisotopic (exact) mass is 380 g/mol. The molecule has 0 aliphatic carbocycles. The molecule has 8 nitrogen and oxygen atoms in total. The summed E-state index contributed by atoms with van der Waals surface area (Å²) >= 11 is 0. The van der Waals surface area contributed by atoms with Crippen molar-refractivity contribution in [3.05, 3.63) is 59.9 Å². The second-order valence-corrected chi connectivity index (χ2v) is 6.82. The lowest BCUT2D eigenvalue weighted by Crippen LogP contribution is -2.40. The summed E-state index contributed by atoms with van der Waals surface area (Å²) in [7, 11) is 0. The third kappa shape index (κ3) is 2.96. The van der Waals surface area contributed by atoms with Crippen LogP contribution in [0.2, 0.25) is 0 Å². The van der Waals surface area contributed by atoms with Gasteiger partial charge in [-0.15, -0.1) is 0 Å². The Hall–Kier alpha value is -3.10. The minimum atomic E-state index is -1.01. The van der Waals surface area contributed by atoms with Gasteiger partial charge in [0.1, 0.15) is 6.54 Å². The predicted molar refractivity (Wildman–Crippen MR) is 99.6 cm³/mol. The summed E-state index contributed by atoms with van der Waals surface area (Å²) < 4.78 is 0. The first kappa shape index (κ1) is 18.3. The van der Waals surface area contributed by atoms with Crippen molar-refractivity contribution in [3.8, 4) is 0 Å². The van der Waals surface area contributed by atoms with Crippen LogP contribution in [0, 0.1) is 5.92 Å². The lowest BCUT2D eigenvalue weighted by Gasteiger charge is -2.25. The Morgan fingerprint density at radius 1 is 1.14 bits per heavy atom. The molecule has 1 aromatic carbocycles. The van der Waals surface area contributed by atoms with E-state index < -0.39 is 29.9 Å². The maximum Gasteiger partial charge on any atom is 0.265 e. The summed E-state index contributed by atoms with van der Waals surface area (Å²) in [6.45, 7) is 1.80. The maximum absolute atomic E-state index is 13.2. The van der Waals surface area contributed by atoms with Crippen LogP contribution in [0.5, 0.6) is 0 Å². The number of carbonyl (C=O) groups excluding carboxylic acids is 3. The number of benzene rings is 1. The fourth-order valence-corrected chi connectivity index (χ4v) is 3.78. The summed E-state index contributed by atoms with van der Waals surface area (Å²) in [5.41, 5.74) is 7.47. The number of nitrogens with two attached hydrogens (primary N) is 1. The van der Waals surface area contributed by atoms with E-state index in [2.05, 4.69) is 4.98 Å². The quantitative estimate of drug-likeness (QED) is 0.775. The van der Waals surface area contributed by atoms with Gasteiger partial charge in [0, 0.05) is 6.20 Å². The smallest absolute Gasteiger partial charge is 0.265 e. The van der Waals surface area contributed by atoms with E-state index in [1.807, 2.05) is 19.1 Å². The number of nitrogens with zero attached hydrogens (tertiary/aromatic N) is 3. The summed E-state index contributed by atoms with van der Waals surface area (Å²) in [4.78, 5) is 48.8. The third-order valence-corrected chi connectivity index (χ3v) is 5.10. The number of imide groups is 1. The lowest BCUT2D eigenvalue weighted by atomic mass is 9.94. The van der Waals surface area contributed by atoms with E-state index in [4.69, 9.17) is 10.6 Å². The number of pyridine rings is 1. The maximum atomic E-state index is 13.2. The van der Waals surface area contributed by atoms with E-state index >= 15 is 0 Å². The zero-order chi connectivity index (χ0) is 19.8. The van der Waals surface area contributed by atoms with Crippen LogP contribution in [-0.4, -0.2) is 40.4 Å². The minimum Gasteiger partial charge on any atom is -0.368 e. The Morgan fingerprint density at radius 3 is 2.50 bits per heavy atom. The molecule has 0 bridgehead atoms. The molecule has 2 N–H and O–H groups in total. The molecule has 0 spiro atoms. The van der Waals surface area contributed by atoms with Gasteiger partial charge in [0.15, 0.2) is 6.10 Å². The molecule has 3 unspecified atom stereocenters. The summed E-state index contributed by atoms with van der Waals surface area (Å²) in [5, 5.41) is 1.30. The lowest BCUT2D eigenvalue weighted by molar-refractivity contribution is -0.175. The molecule has 28 heavy (non-hydrogen) atoms. The van der Waals surface area contributed by atoms with Crippen molar-refractivity contribution in [1.82, 2.24) is 10.0 Å². The minimum absolute atomic E-state index is 0.236. The van der Waals surface area contributed by atoms with Crippen molar-refractivity contribution in [1.29, 1.82) is 0 Å². The van der Waals surface area contributed by atoms with Crippen LogP contribution in [0.3, 0.4) is 0 Å². The number of aromatic nitrogens is 1. The van der Waals surface area contributed by atoms with Gasteiger partial charge in [0.25, 0.3) is 5.91 Å². The van der Waals surface area contributed by atoms with E-state index in [0.29, 0.717) is 11.4 Å². The number of rotatable bonds is 5. The molecule has 0 radical (unpaired) electrons. The van der Waals surface area contributed by atoms with Crippen LogP contribution in [0.15, 0.2) is 48.7 Å². The normalized spacial score (nSPS) is 24.6. The Bertz CT molecular complexity index is 916. The zero-order valence-corrected chi connectivity index (χ0v) is 15.3. The summed E-state index contributed by atoms with van der Waals surface area (Å²) in [6, 6.07) is 11.9. The SMILES string of the molecule is CCc1ccc(N2C(=O)C3ON(CC(N)=O)C(c4ccccn4)C3C2=O)cc1. The molecular formula is C20H20N4O4. The second-order valence-electron chi connectivity index (χ2n) is 6.82. The molecular weight excluding hydrogens is 360 g/mol. The number of hydroxylamine groups is 2. The van der Waals surface area contributed by atoms with Crippen LogP contribution < -0.4 is 10.6 Å². The highest BCUT2D eigenvalue weighted by Gasteiger charge is 2.60. The fourth-order valence-electron chi connectivity index (χ4n) is 3.78. The van der Waals surface area contributed by atoms with E-state index in [0.717, 1.165) is 16.9 Å². The zero-order valence-electron chi connectivity index (χ0n) is 15.3. The van der Waals surface area contributed by atoms with Crippen molar-refractivity contribution in [2.45, 2.75) is 25.5 Å². The number of anilines is 1. The van der Waals surface area contributed by atoms with Gasteiger partial charge in [-0.05, 0) is 36.2 Å². The van der Waals surface area contributed by atoms with Crippen molar-refractivity contribution < 1.29 is 19.2 Å². The first-order valence-electron chi connectivity index (χ1n) is 9.10. The molecule has 0 saturated carbocycles. The molecule has 3 heterocycles. The molecule has 144 valence electrons. The average Bonchev–Trinajstić information content (AvgIpc) is 3.17. The van der Waals surface area contributed by atoms with Crippen LogP contribution in [0.25, 0.3) is 0 Å².